The molecule has 430 valence electrons. The quantitative estimate of drug-likeness (QED) is 0.0361. The first-order chi connectivity index (χ1) is 35.5. The Bertz CT molecular complexity index is 1030. The Balaban J connectivity index is 3.44. The van der Waals surface area contributed by atoms with E-state index in [1.54, 1.807) is 0 Å². The zero-order valence-electron chi connectivity index (χ0n) is 49.4. The Morgan fingerprint density at radius 3 is 0.806 bits per heavy atom. The first-order valence-corrected chi connectivity index (χ1v) is 33.5. The van der Waals surface area contributed by atoms with Crippen LogP contribution in [0.3, 0.4) is 0 Å². The van der Waals surface area contributed by atoms with Crippen molar-refractivity contribution in [3.63, 3.8) is 0 Å². The lowest BCUT2D eigenvalue weighted by Gasteiger charge is -2.23. The molecule has 0 saturated carbocycles. The third-order valence-electron chi connectivity index (χ3n) is 16.1. The molecule has 0 aliphatic carbocycles. The first-order valence-electron chi connectivity index (χ1n) is 33.5. The highest BCUT2D eigenvalue weighted by atomic mass is 16.3. The molecule has 0 bridgehead atoms. The molecule has 0 aliphatic rings. The summed E-state index contributed by atoms with van der Waals surface area (Å²) in [6.45, 7) is 4.32. The molecule has 0 aromatic heterocycles. The highest BCUT2D eigenvalue weighted by Crippen LogP contribution is 2.19. The van der Waals surface area contributed by atoms with Gasteiger partial charge in [-0.2, -0.15) is 0 Å². The normalized spacial score (nSPS) is 13.1. The van der Waals surface area contributed by atoms with Crippen molar-refractivity contribution in [3.8, 4) is 0 Å². The number of hydrogen-bond acceptors (Lipinski definition) is 4. The monoisotopic (exact) mass is 1020 g/mol. The van der Waals surface area contributed by atoms with Crippen LogP contribution in [0, 0.1) is 0 Å². The SMILES string of the molecule is CCCCCCCCCCCCCCCCCC/C=C\CCCCCCCCCCCCCCCCCC(O)CC(=O)NC(CO)C(O)CCCCCCCCCCCCCCCCCCCCCCCC. The summed E-state index contributed by atoms with van der Waals surface area (Å²) in [4.78, 5) is 12.6. The van der Waals surface area contributed by atoms with Crippen LogP contribution in [0.4, 0.5) is 0 Å². The van der Waals surface area contributed by atoms with Gasteiger partial charge in [-0.25, -0.2) is 0 Å². The number of nitrogens with one attached hydrogen (secondary N) is 1. The summed E-state index contributed by atoms with van der Waals surface area (Å²) in [5.41, 5.74) is 0. The minimum absolute atomic E-state index is 0.0416. The van der Waals surface area contributed by atoms with Crippen molar-refractivity contribution in [2.24, 2.45) is 0 Å². The maximum absolute atomic E-state index is 12.6. The van der Waals surface area contributed by atoms with E-state index in [1.165, 1.54) is 327 Å². The summed E-state index contributed by atoms with van der Waals surface area (Å²) in [6.07, 6.45) is 79.9. The zero-order valence-corrected chi connectivity index (χ0v) is 49.4. The molecule has 0 spiro atoms. The van der Waals surface area contributed by atoms with E-state index in [2.05, 4.69) is 31.3 Å². The predicted octanol–water partition coefficient (Wildman–Crippen LogP) is 21.4. The fourth-order valence-electron chi connectivity index (χ4n) is 11.0. The summed E-state index contributed by atoms with van der Waals surface area (Å²) in [5, 5.41) is 33.8. The van der Waals surface area contributed by atoms with E-state index < -0.39 is 18.2 Å². The van der Waals surface area contributed by atoms with Crippen LogP contribution in [0.2, 0.25) is 0 Å². The van der Waals surface area contributed by atoms with Gasteiger partial charge in [0.05, 0.1) is 31.3 Å². The second-order valence-electron chi connectivity index (χ2n) is 23.4. The van der Waals surface area contributed by atoms with Crippen LogP contribution in [-0.4, -0.2) is 46.1 Å². The third kappa shape index (κ3) is 58.4. The van der Waals surface area contributed by atoms with Gasteiger partial charge >= 0.3 is 0 Å². The van der Waals surface area contributed by atoms with Crippen molar-refractivity contribution >= 4 is 5.91 Å². The van der Waals surface area contributed by atoms with Gasteiger partial charge in [0.2, 0.25) is 5.91 Å². The lowest BCUT2D eigenvalue weighted by Crippen LogP contribution is -2.46. The van der Waals surface area contributed by atoms with Crippen LogP contribution in [0.5, 0.6) is 0 Å². The number of carbonyl (C=O) groups excluding carboxylic acids is 1. The van der Waals surface area contributed by atoms with Gasteiger partial charge in [-0.1, -0.05) is 353 Å². The van der Waals surface area contributed by atoms with E-state index in [9.17, 15) is 20.1 Å². The molecule has 3 atom stereocenters. The molecule has 1 amide bonds. The van der Waals surface area contributed by atoms with Crippen LogP contribution >= 0.6 is 0 Å². The summed E-state index contributed by atoms with van der Waals surface area (Å²) >= 11 is 0. The van der Waals surface area contributed by atoms with Gasteiger partial charge in [0, 0.05) is 0 Å². The summed E-state index contributed by atoms with van der Waals surface area (Å²) in [7, 11) is 0. The standard InChI is InChI=1S/C67H133NO4/c1-3-5-7-9-11-13-15-17-19-21-23-25-27-28-29-30-31-32-33-34-35-36-37-38-39-40-42-44-46-48-50-52-54-56-58-60-64(70)62-67(72)68-65(63-69)66(71)61-59-57-55-53-51-49-47-45-43-41-26-24-22-20-18-16-14-12-10-8-6-4-2/h32-33,64-66,69-71H,3-31,34-63H2,1-2H3,(H,68,72)/b33-32-. The minimum atomic E-state index is -0.748. The van der Waals surface area contributed by atoms with Gasteiger partial charge in [-0.15, -0.1) is 0 Å². The van der Waals surface area contributed by atoms with Gasteiger partial charge in [0.25, 0.3) is 0 Å². The summed E-state index contributed by atoms with van der Waals surface area (Å²) in [5.74, 6) is -0.274. The molecule has 0 aromatic rings. The highest BCUT2D eigenvalue weighted by molar-refractivity contribution is 5.76. The maximum Gasteiger partial charge on any atom is 0.222 e. The number of unbranched alkanes of at least 4 members (excludes halogenated alkanes) is 52. The molecular formula is C67H133NO4. The summed E-state index contributed by atoms with van der Waals surface area (Å²) in [6, 6.07) is -0.657. The van der Waals surface area contributed by atoms with E-state index in [0.717, 1.165) is 25.7 Å². The molecule has 4 N–H and O–H groups in total. The molecule has 0 aromatic carbocycles. The molecule has 5 heteroatoms. The fourth-order valence-corrected chi connectivity index (χ4v) is 11.0. The number of aliphatic hydroxyl groups is 3. The lowest BCUT2D eigenvalue weighted by molar-refractivity contribution is -0.125. The second-order valence-corrected chi connectivity index (χ2v) is 23.4. The van der Waals surface area contributed by atoms with Gasteiger partial charge < -0.3 is 20.6 Å². The van der Waals surface area contributed by atoms with Crippen LogP contribution in [0.25, 0.3) is 0 Å². The van der Waals surface area contributed by atoms with Gasteiger partial charge in [-0.05, 0) is 38.5 Å². The molecule has 3 unspecified atom stereocenters. The molecule has 5 nitrogen and oxygen atoms in total. The number of aliphatic hydroxyl groups excluding tert-OH is 3. The van der Waals surface area contributed by atoms with Crippen molar-refractivity contribution in [3.05, 3.63) is 12.2 Å². The molecular weight excluding hydrogens is 883 g/mol. The van der Waals surface area contributed by atoms with Gasteiger partial charge in [0.15, 0.2) is 0 Å². The topological polar surface area (TPSA) is 89.8 Å². The summed E-state index contributed by atoms with van der Waals surface area (Å²) < 4.78 is 0. The number of hydrogen-bond donors (Lipinski definition) is 4. The van der Waals surface area contributed by atoms with Crippen LogP contribution in [0.15, 0.2) is 12.2 Å². The molecule has 0 saturated heterocycles. The predicted molar refractivity (Wildman–Crippen MR) is 319 cm³/mol. The minimum Gasteiger partial charge on any atom is -0.394 e. The van der Waals surface area contributed by atoms with E-state index in [4.69, 9.17) is 0 Å². The molecule has 72 heavy (non-hydrogen) atoms. The zero-order chi connectivity index (χ0) is 52.2. The number of allylic oxidation sites excluding steroid dienone is 2. The Hall–Kier alpha value is -0.910. The van der Waals surface area contributed by atoms with Gasteiger partial charge in [0.1, 0.15) is 0 Å². The number of carbonyl (C=O) groups is 1. The molecule has 0 radical (unpaired) electrons. The molecule has 0 rings (SSSR count). The van der Waals surface area contributed by atoms with Crippen molar-refractivity contribution in [2.75, 3.05) is 6.61 Å². The van der Waals surface area contributed by atoms with Crippen LogP contribution in [-0.2, 0) is 4.79 Å². The van der Waals surface area contributed by atoms with Crippen molar-refractivity contribution in [2.45, 2.75) is 405 Å². The Labute approximate surface area is 452 Å². The molecule has 0 heterocycles. The fraction of sp³-hybridized carbons (Fsp3) is 0.955. The van der Waals surface area contributed by atoms with E-state index >= 15 is 0 Å². The number of amides is 1. The Morgan fingerprint density at radius 2 is 0.556 bits per heavy atom. The number of rotatable bonds is 63. The highest BCUT2D eigenvalue weighted by Gasteiger charge is 2.21. The van der Waals surface area contributed by atoms with E-state index in [1.807, 2.05) is 0 Å². The average molecular weight is 1020 g/mol. The molecule has 0 aliphatic heterocycles. The van der Waals surface area contributed by atoms with Crippen molar-refractivity contribution in [1.82, 2.24) is 5.32 Å². The van der Waals surface area contributed by atoms with Crippen molar-refractivity contribution < 1.29 is 20.1 Å². The van der Waals surface area contributed by atoms with E-state index in [0.29, 0.717) is 12.8 Å². The Morgan fingerprint density at radius 1 is 0.333 bits per heavy atom. The van der Waals surface area contributed by atoms with Crippen LogP contribution in [0.1, 0.15) is 386 Å². The largest absolute Gasteiger partial charge is 0.394 e. The van der Waals surface area contributed by atoms with Crippen molar-refractivity contribution in [1.29, 1.82) is 0 Å². The average Bonchev–Trinajstić information content (AvgIpc) is 3.38. The molecule has 0 fully saturated rings. The van der Waals surface area contributed by atoms with Gasteiger partial charge in [-0.3, -0.25) is 4.79 Å². The van der Waals surface area contributed by atoms with E-state index in [-0.39, 0.29) is 18.9 Å². The lowest BCUT2D eigenvalue weighted by atomic mass is 10.0. The first kappa shape index (κ1) is 71.1. The van der Waals surface area contributed by atoms with Crippen LogP contribution < -0.4 is 5.32 Å². The maximum atomic E-state index is 12.6. The Kier molecular flexibility index (Phi) is 61.8. The third-order valence-corrected chi connectivity index (χ3v) is 16.1. The second kappa shape index (κ2) is 62.6. The smallest absolute Gasteiger partial charge is 0.222 e.